The SMILES string of the molecule is Cc1ccc(C(=O)NCC(=O)OC2CCOC2=O)cc1. The molecule has 1 amide bonds. The summed E-state index contributed by atoms with van der Waals surface area (Å²) in [7, 11) is 0. The summed E-state index contributed by atoms with van der Waals surface area (Å²) >= 11 is 0. The van der Waals surface area contributed by atoms with Gasteiger partial charge in [-0.3, -0.25) is 9.59 Å². The third kappa shape index (κ3) is 3.57. The van der Waals surface area contributed by atoms with Gasteiger partial charge in [-0.2, -0.15) is 0 Å². The van der Waals surface area contributed by atoms with Gasteiger partial charge in [0.15, 0.2) is 0 Å². The van der Waals surface area contributed by atoms with E-state index in [0.717, 1.165) is 5.56 Å². The molecule has 1 unspecified atom stereocenters. The first-order valence-corrected chi connectivity index (χ1v) is 6.27. The maximum absolute atomic E-state index is 11.8. The van der Waals surface area contributed by atoms with Crippen molar-refractivity contribution < 1.29 is 23.9 Å². The number of benzene rings is 1. The first-order valence-electron chi connectivity index (χ1n) is 6.27. The van der Waals surface area contributed by atoms with Crippen molar-refractivity contribution >= 4 is 17.8 Å². The number of esters is 2. The Balaban J connectivity index is 1.79. The van der Waals surface area contributed by atoms with Crippen LogP contribution in [-0.2, 0) is 19.1 Å². The molecule has 2 rings (SSSR count). The summed E-state index contributed by atoms with van der Waals surface area (Å²) in [5, 5.41) is 2.44. The van der Waals surface area contributed by atoms with Crippen LogP contribution in [0.25, 0.3) is 0 Å². The molecule has 1 aliphatic heterocycles. The van der Waals surface area contributed by atoms with Crippen LogP contribution in [0.1, 0.15) is 22.3 Å². The summed E-state index contributed by atoms with van der Waals surface area (Å²) in [6, 6.07) is 6.96. The van der Waals surface area contributed by atoms with Crippen LogP contribution in [0.3, 0.4) is 0 Å². The Bertz CT molecular complexity index is 523. The molecule has 1 aliphatic rings. The molecular formula is C14H15NO5. The molecule has 20 heavy (non-hydrogen) atoms. The summed E-state index contributed by atoms with van der Waals surface area (Å²) < 4.78 is 9.57. The summed E-state index contributed by atoms with van der Waals surface area (Å²) in [6.07, 6.45) is -0.491. The number of ether oxygens (including phenoxy) is 2. The van der Waals surface area contributed by atoms with Crippen molar-refractivity contribution in [2.24, 2.45) is 0 Å². The summed E-state index contributed by atoms with van der Waals surface area (Å²) in [4.78, 5) is 34.4. The molecule has 106 valence electrons. The Kier molecular flexibility index (Phi) is 4.34. The van der Waals surface area contributed by atoms with E-state index < -0.39 is 18.0 Å². The highest BCUT2D eigenvalue weighted by atomic mass is 16.6. The molecule has 1 fully saturated rings. The monoisotopic (exact) mass is 277 g/mol. The fraction of sp³-hybridized carbons (Fsp3) is 0.357. The number of cyclic esters (lactones) is 1. The van der Waals surface area contributed by atoms with Gasteiger partial charge in [-0.1, -0.05) is 17.7 Å². The van der Waals surface area contributed by atoms with Crippen LogP contribution in [0.5, 0.6) is 0 Å². The zero-order valence-electron chi connectivity index (χ0n) is 11.0. The predicted molar refractivity (Wildman–Crippen MR) is 69.0 cm³/mol. The van der Waals surface area contributed by atoms with E-state index in [1.807, 2.05) is 19.1 Å². The predicted octanol–water partition coefficient (Wildman–Crippen LogP) is 0.584. The van der Waals surface area contributed by atoms with Crippen molar-refractivity contribution in [3.05, 3.63) is 35.4 Å². The van der Waals surface area contributed by atoms with Crippen molar-refractivity contribution in [1.82, 2.24) is 5.32 Å². The molecule has 0 bridgehead atoms. The average molecular weight is 277 g/mol. The standard InChI is InChI=1S/C14H15NO5/c1-9-2-4-10(5-3-9)13(17)15-8-12(16)20-11-6-7-19-14(11)18/h2-5,11H,6-8H2,1H3,(H,15,17). The Labute approximate surface area is 116 Å². The van der Waals surface area contributed by atoms with Crippen LogP contribution >= 0.6 is 0 Å². The van der Waals surface area contributed by atoms with Gasteiger partial charge >= 0.3 is 11.9 Å². The highest BCUT2D eigenvalue weighted by Crippen LogP contribution is 2.10. The quantitative estimate of drug-likeness (QED) is 0.814. The second-order valence-electron chi connectivity index (χ2n) is 4.48. The molecule has 0 aliphatic carbocycles. The van der Waals surface area contributed by atoms with E-state index in [0.29, 0.717) is 12.0 Å². The summed E-state index contributed by atoms with van der Waals surface area (Å²) in [5.41, 5.74) is 1.50. The number of rotatable bonds is 4. The molecule has 0 aromatic heterocycles. The maximum atomic E-state index is 11.8. The van der Waals surface area contributed by atoms with Gasteiger partial charge in [0.1, 0.15) is 6.54 Å². The second kappa shape index (κ2) is 6.18. The van der Waals surface area contributed by atoms with Crippen molar-refractivity contribution in [1.29, 1.82) is 0 Å². The van der Waals surface area contributed by atoms with Crippen molar-refractivity contribution in [2.45, 2.75) is 19.4 Å². The normalized spacial score (nSPS) is 17.4. The van der Waals surface area contributed by atoms with E-state index in [4.69, 9.17) is 4.74 Å². The van der Waals surface area contributed by atoms with Crippen LogP contribution in [0.2, 0.25) is 0 Å². The highest BCUT2D eigenvalue weighted by molar-refractivity contribution is 5.96. The Hall–Kier alpha value is -2.37. The second-order valence-corrected chi connectivity index (χ2v) is 4.48. The molecular weight excluding hydrogens is 262 g/mol. The average Bonchev–Trinajstić information content (AvgIpc) is 2.82. The first-order chi connectivity index (χ1) is 9.56. The number of hydrogen-bond donors (Lipinski definition) is 1. The van der Waals surface area contributed by atoms with Crippen molar-refractivity contribution in [3.8, 4) is 0 Å². The molecule has 1 saturated heterocycles. The fourth-order valence-electron chi connectivity index (χ4n) is 1.74. The van der Waals surface area contributed by atoms with Crippen LogP contribution in [0.4, 0.5) is 0 Å². The molecule has 0 spiro atoms. The third-order valence-electron chi connectivity index (χ3n) is 2.87. The van der Waals surface area contributed by atoms with E-state index in [9.17, 15) is 14.4 Å². The lowest BCUT2D eigenvalue weighted by Gasteiger charge is -2.09. The third-order valence-corrected chi connectivity index (χ3v) is 2.87. The molecule has 1 atom stereocenters. The topological polar surface area (TPSA) is 81.7 Å². The van der Waals surface area contributed by atoms with Crippen LogP contribution in [-0.4, -0.2) is 37.1 Å². The largest absolute Gasteiger partial charge is 0.463 e. The molecule has 0 radical (unpaired) electrons. The van der Waals surface area contributed by atoms with Crippen LogP contribution in [0.15, 0.2) is 24.3 Å². The van der Waals surface area contributed by atoms with Gasteiger partial charge in [-0.15, -0.1) is 0 Å². The molecule has 6 heteroatoms. The van der Waals surface area contributed by atoms with Gasteiger partial charge in [0.25, 0.3) is 5.91 Å². The molecule has 1 N–H and O–H groups in total. The van der Waals surface area contributed by atoms with Crippen LogP contribution < -0.4 is 5.32 Å². The van der Waals surface area contributed by atoms with E-state index in [1.54, 1.807) is 12.1 Å². The fourth-order valence-corrected chi connectivity index (χ4v) is 1.74. The molecule has 0 saturated carbocycles. The van der Waals surface area contributed by atoms with E-state index in [-0.39, 0.29) is 19.1 Å². The Morgan fingerprint density at radius 3 is 2.65 bits per heavy atom. The Morgan fingerprint density at radius 1 is 1.35 bits per heavy atom. The van der Waals surface area contributed by atoms with Gasteiger partial charge < -0.3 is 14.8 Å². The zero-order chi connectivity index (χ0) is 14.5. The lowest BCUT2D eigenvalue weighted by Crippen LogP contribution is -2.33. The number of carbonyl (C=O) groups excluding carboxylic acids is 3. The number of aryl methyl sites for hydroxylation is 1. The molecule has 1 heterocycles. The number of hydrogen-bond acceptors (Lipinski definition) is 5. The molecule has 1 aromatic carbocycles. The van der Waals surface area contributed by atoms with Crippen molar-refractivity contribution in [2.75, 3.05) is 13.2 Å². The van der Waals surface area contributed by atoms with E-state index >= 15 is 0 Å². The van der Waals surface area contributed by atoms with Crippen LogP contribution in [0, 0.1) is 6.92 Å². The van der Waals surface area contributed by atoms with Gasteiger partial charge in [0, 0.05) is 12.0 Å². The molecule has 6 nitrogen and oxygen atoms in total. The smallest absolute Gasteiger partial charge is 0.347 e. The number of nitrogens with one attached hydrogen (secondary N) is 1. The number of carbonyl (C=O) groups is 3. The van der Waals surface area contributed by atoms with Gasteiger partial charge in [-0.25, -0.2) is 4.79 Å². The first kappa shape index (κ1) is 14.0. The van der Waals surface area contributed by atoms with Gasteiger partial charge in [0.05, 0.1) is 6.61 Å². The minimum Gasteiger partial charge on any atom is -0.463 e. The van der Waals surface area contributed by atoms with E-state index in [1.165, 1.54) is 0 Å². The van der Waals surface area contributed by atoms with Gasteiger partial charge in [0.2, 0.25) is 6.10 Å². The number of amides is 1. The lowest BCUT2D eigenvalue weighted by molar-refractivity contribution is -0.159. The maximum Gasteiger partial charge on any atom is 0.347 e. The Morgan fingerprint density at radius 2 is 2.05 bits per heavy atom. The van der Waals surface area contributed by atoms with E-state index in [2.05, 4.69) is 10.1 Å². The van der Waals surface area contributed by atoms with Gasteiger partial charge in [-0.05, 0) is 19.1 Å². The zero-order valence-corrected chi connectivity index (χ0v) is 11.0. The van der Waals surface area contributed by atoms with Crippen molar-refractivity contribution in [3.63, 3.8) is 0 Å². The summed E-state index contributed by atoms with van der Waals surface area (Å²) in [5.74, 6) is -1.56. The molecule has 1 aromatic rings. The summed E-state index contributed by atoms with van der Waals surface area (Å²) in [6.45, 7) is 1.89. The lowest BCUT2D eigenvalue weighted by atomic mass is 10.1. The highest BCUT2D eigenvalue weighted by Gasteiger charge is 2.30. The minimum absolute atomic E-state index is 0.256. The minimum atomic E-state index is -0.848.